The lowest BCUT2D eigenvalue weighted by Gasteiger charge is -2.35. The maximum atomic E-state index is 11.4. The summed E-state index contributed by atoms with van der Waals surface area (Å²) in [5.41, 5.74) is 0. The van der Waals surface area contributed by atoms with Crippen LogP contribution >= 0.6 is 0 Å². The molecule has 0 saturated carbocycles. The molecule has 0 amide bonds. The molecule has 18 heavy (non-hydrogen) atoms. The molecule has 1 saturated heterocycles. The van der Waals surface area contributed by atoms with Crippen LogP contribution in [0.25, 0.3) is 0 Å². The van der Waals surface area contributed by atoms with E-state index in [0.29, 0.717) is 12.5 Å². The third-order valence-corrected chi connectivity index (χ3v) is 3.65. The predicted octanol–water partition coefficient (Wildman–Crippen LogP) is 1.79. The van der Waals surface area contributed by atoms with Gasteiger partial charge in [0.15, 0.2) is 0 Å². The Morgan fingerprint density at radius 1 is 1.33 bits per heavy atom. The lowest BCUT2D eigenvalue weighted by molar-refractivity contribution is -0.142. The first-order chi connectivity index (χ1) is 8.77. The first kappa shape index (κ1) is 15.4. The van der Waals surface area contributed by atoms with Crippen LogP contribution in [0.2, 0.25) is 0 Å². The standard InChI is InChI=1S/C14H28N2O2/c1-3-4-5-6-7-9-16-10-8-15-12-13(16)11-14(17)18-2/h13,15H,3-12H2,1-2H3. The van der Waals surface area contributed by atoms with Crippen LogP contribution in [-0.4, -0.2) is 50.2 Å². The Kier molecular flexibility index (Phi) is 8.01. The number of carbonyl (C=O) groups is 1. The second-order valence-electron chi connectivity index (χ2n) is 5.09. The lowest BCUT2D eigenvalue weighted by Crippen LogP contribution is -2.52. The van der Waals surface area contributed by atoms with Crippen molar-refractivity contribution in [2.24, 2.45) is 0 Å². The second kappa shape index (κ2) is 9.34. The van der Waals surface area contributed by atoms with Crippen LogP contribution < -0.4 is 5.32 Å². The van der Waals surface area contributed by atoms with Crippen molar-refractivity contribution < 1.29 is 9.53 Å². The molecule has 0 aliphatic carbocycles. The highest BCUT2D eigenvalue weighted by Gasteiger charge is 2.24. The molecule has 0 spiro atoms. The van der Waals surface area contributed by atoms with Gasteiger partial charge < -0.3 is 10.1 Å². The molecule has 4 heteroatoms. The second-order valence-corrected chi connectivity index (χ2v) is 5.09. The first-order valence-corrected chi connectivity index (χ1v) is 7.29. The molecule has 0 aromatic carbocycles. The summed E-state index contributed by atoms with van der Waals surface area (Å²) in [7, 11) is 1.47. The van der Waals surface area contributed by atoms with Crippen molar-refractivity contribution in [2.45, 2.75) is 51.5 Å². The normalized spacial score (nSPS) is 20.9. The average molecular weight is 256 g/mol. The minimum Gasteiger partial charge on any atom is -0.469 e. The van der Waals surface area contributed by atoms with E-state index >= 15 is 0 Å². The first-order valence-electron chi connectivity index (χ1n) is 7.29. The van der Waals surface area contributed by atoms with Gasteiger partial charge in [-0.05, 0) is 13.0 Å². The zero-order valence-electron chi connectivity index (χ0n) is 11.9. The van der Waals surface area contributed by atoms with E-state index in [2.05, 4.69) is 17.1 Å². The molecule has 1 atom stereocenters. The molecule has 4 nitrogen and oxygen atoms in total. The van der Waals surface area contributed by atoms with Crippen molar-refractivity contribution in [3.8, 4) is 0 Å². The summed E-state index contributed by atoms with van der Waals surface area (Å²) in [6.45, 7) is 6.35. The van der Waals surface area contributed by atoms with Crippen LogP contribution in [0.4, 0.5) is 0 Å². The Balaban J connectivity index is 2.24. The Morgan fingerprint density at radius 3 is 2.83 bits per heavy atom. The quantitative estimate of drug-likeness (QED) is 0.531. The largest absolute Gasteiger partial charge is 0.469 e. The van der Waals surface area contributed by atoms with Crippen molar-refractivity contribution in [2.75, 3.05) is 33.3 Å². The number of piperazine rings is 1. The molecule has 1 N–H and O–H groups in total. The molecule has 1 heterocycles. The molecular formula is C14H28N2O2. The van der Waals surface area contributed by atoms with Gasteiger partial charge in [0.25, 0.3) is 0 Å². The summed E-state index contributed by atoms with van der Waals surface area (Å²) >= 11 is 0. The molecule has 106 valence electrons. The van der Waals surface area contributed by atoms with Crippen LogP contribution in [0.15, 0.2) is 0 Å². The lowest BCUT2D eigenvalue weighted by atomic mass is 10.1. The van der Waals surface area contributed by atoms with E-state index in [-0.39, 0.29) is 5.97 Å². The fourth-order valence-corrected chi connectivity index (χ4v) is 2.49. The number of methoxy groups -OCH3 is 1. The van der Waals surface area contributed by atoms with Gasteiger partial charge in [-0.25, -0.2) is 0 Å². The number of unbranched alkanes of at least 4 members (excludes halogenated alkanes) is 4. The van der Waals surface area contributed by atoms with E-state index in [4.69, 9.17) is 4.74 Å². The van der Waals surface area contributed by atoms with Crippen LogP contribution in [0.5, 0.6) is 0 Å². The molecule has 1 aliphatic heterocycles. The molecule has 0 radical (unpaired) electrons. The molecule has 1 rings (SSSR count). The highest BCUT2D eigenvalue weighted by molar-refractivity contribution is 5.69. The highest BCUT2D eigenvalue weighted by atomic mass is 16.5. The van der Waals surface area contributed by atoms with E-state index in [1.165, 1.54) is 39.2 Å². The van der Waals surface area contributed by atoms with Crippen molar-refractivity contribution in [3.05, 3.63) is 0 Å². The number of ether oxygens (including phenoxy) is 1. The average Bonchev–Trinajstić information content (AvgIpc) is 2.40. The SMILES string of the molecule is CCCCCCCN1CCNCC1CC(=O)OC. The van der Waals surface area contributed by atoms with Gasteiger partial charge in [0.1, 0.15) is 0 Å². The Morgan fingerprint density at radius 2 is 2.11 bits per heavy atom. The van der Waals surface area contributed by atoms with E-state index in [1.807, 2.05) is 0 Å². The van der Waals surface area contributed by atoms with Gasteiger partial charge >= 0.3 is 5.97 Å². The Hall–Kier alpha value is -0.610. The Labute approximate surface area is 111 Å². The Bertz CT molecular complexity index is 234. The van der Waals surface area contributed by atoms with E-state index in [9.17, 15) is 4.79 Å². The fourth-order valence-electron chi connectivity index (χ4n) is 2.49. The monoisotopic (exact) mass is 256 g/mol. The molecule has 1 unspecified atom stereocenters. The van der Waals surface area contributed by atoms with Crippen LogP contribution in [-0.2, 0) is 9.53 Å². The van der Waals surface area contributed by atoms with Gasteiger partial charge in [0.2, 0.25) is 0 Å². The highest BCUT2D eigenvalue weighted by Crippen LogP contribution is 2.11. The summed E-state index contributed by atoms with van der Waals surface area (Å²) in [6, 6.07) is 0.317. The zero-order valence-corrected chi connectivity index (χ0v) is 11.9. The predicted molar refractivity (Wildman–Crippen MR) is 73.6 cm³/mol. The van der Waals surface area contributed by atoms with Crippen LogP contribution in [0.1, 0.15) is 45.4 Å². The fraction of sp³-hybridized carbons (Fsp3) is 0.929. The van der Waals surface area contributed by atoms with Crippen LogP contribution in [0.3, 0.4) is 0 Å². The van der Waals surface area contributed by atoms with E-state index in [0.717, 1.165) is 26.2 Å². The minimum atomic E-state index is -0.0975. The summed E-state index contributed by atoms with van der Waals surface area (Å²) in [5.74, 6) is -0.0975. The van der Waals surface area contributed by atoms with Crippen molar-refractivity contribution in [1.82, 2.24) is 10.2 Å². The summed E-state index contributed by atoms with van der Waals surface area (Å²) in [4.78, 5) is 13.8. The molecule has 0 aromatic heterocycles. The molecule has 0 bridgehead atoms. The van der Waals surface area contributed by atoms with E-state index in [1.54, 1.807) is 0 Å². The molecule has 1 aliphatic rings. The van der Waals surface area contributed by atoms with Gasteiger partial charge in [-0.15, -0.1) is 0 Å². The summed E-state index contributed by atoms with van der Waals surface area (Å²) in [5, 5.41) is 3.36. The molecular weight excluding hydrogens is 228 g/mol. The molecule has 0 aromatic rings. The maximum Gasteiger partial charge on any atom is 0.307 e. The number of carbonyl (C=O) groups excluding carboxylic acids is 1. The smallest absolute Gasteiger partial charge is 0.307 e. The third kappa shape index (κ3) is 5.83. The number of rotatable bonds is 8. The minimum absolute atomic E-state index is 0.0975. The van der Waals surface area contributed by atoms with Gasteiger partial charge in [0.05, 0.1) is 13.5 Å². The van der Waals surface area contributed by atoms with E-state index < -0.39 is 0 Å². The zero-order chi connectivity index (χ0) is 13.2. The van der Waals surface area contributed by atoms with Crippen molar-refractivity contribution in [3.63, 3.8) is 0 Å². The maximum absolute atomic E-state index is 11.4. The number of hydrogen-bond acceptors (Lipinski definition) is 4. The number of esters is 1. The number of nitrogens with one attached hydrogen (secondary N) is 1. The van der Waals surface area contributed by atoms with Gasteiger partial charge in [-0.3, -0.25) is 9.69 Å². The van der Waals surface area contributed by atoms with Crippen molar-refractivity contribution in [1.29, 1.82) is 0 Å². The number of hydrogen-bond donors (Lipinski definition) is 1. The van der Waals surface area contributed by atoms with Gasteiger partial charge in [0, 0.05) is 25.7 Å². The van der Waals surface area contributed by atoms with Crippen LogP contribution in [0, 0.1) is 0 Å². The van der Waals surface area contributed by atoms with Crippen molar-refractivity contribution >= 4 is 5.97 Å². The topological polar surface area (TPSA) is 41.6 Å². The van der Waals surface area contributed by atoms with Gasteiger partial charge in [-0.2, -0.15) is 0 Å². The summed E-state index contributed by atoms with van der Waals surface area (Å²) < 4.78 is 4.77. The summed E-state index contributed by atoms with van der Waals surface area (Å²) in [6.07, 6.45) is 7.04. The molecule has 1 fully saturated rings. The van der Waals surface area contributed by atoms with Gasteiger partial charge in [-0.1, -0.05) is 32.6 Å². The number of nitrogens with zero attached hydrogens (tertiary/aromatic N) is 1. The third-order valence-electron chi connectivity index (χ3n) is 3.65.